The SMILES string of the molecule is CCNC(=S)N(N)C(=O)c1ccccn1. The summed E-state index contributed by atoms with van der Waals surface area (Å²) in [5, 5.41) is 3.84. The summed E-state index contributed by atoms with van der Waals surface area (Å²) in [6, 6.07) is 5.02. The van der Waals surface area contributed by atoms with Gasteiger partial charge in [0.25, 0.3) is 5.91 Å². The van der Waals surface area contributed by atoms with Gasteiger partial charge < -0.3 is 5.32 Å². The smallest absolute Gasteiger partial charge is 0.292 e. The highest BCUT2D eigenvalue weighted by atomic mass is 32.1. The van der Waals surface area contributed by atoms with Crippen molar-refractivity contribution in [2.75, 3.05) is 6.54 Å². The summed E-state index contributed by atoms with van der Waals surface area (Å²) >= 11 is 4.89. The number of hydrogen-bond donors (Lipinski definition) is 2. The van der Waals surface area contributed by atoms with Crippen LogP contribution in [0.1, 0.15) is 17.4 Å². The summed E-state index contributed by atoms with van der Waals surface area (Å²) in [6.45, 7) is 2.48. The van der Waals surface area contributed by atoms with Gasteiger partial charge >= 0.3 is 0 Å². The predicted molar refractivity (Wildman–Crippen MR) is 60.9 cm³/mol. The number of rotatable bonds is 2. The monoisotopic (exact) mass is 224 g/mol. The van der Waals surface area contributed by atoms with Crippen LogP contribution in [0.15, 0.2) is 24.4 Å². The van der Waals surface area contributed by atoms with Gasteiger partial charge in [0.1, 0.15) is 5.69 Å². The van der Waals surface area contributed by atoms with Crippen LogP contribution in [-0.4, -0.2) is 27.6 Å². The van der Waals surface area contributed by atoms with Crippen LogP contribution in [0.3, 0.4) is 0 Å². The second-order valence-corrected chi connectivity index (χ2v) is 3.11. The lowest BCUT2D eigenvalue weighted by atomic mass is 10.3. The van der Waals surface area contributed by atoms with Gasteiger partial charge in [-0.05, 0) is 31.3 Å². The van der Waals surface area contributed by atoms with Gasteiger partial charge in [-0.1, -0.05) is 6.07 Å². The largest absolute Gasteiger partial charge is 0.361 e. The van der Waals surface area contributed by atoms with Crippen LogP contribution in [0, 0.1) is 0 Å². The Labute approximate surface area is 93.3 Å². The van der Waals surface area contributed by atoms with Crippen molar-refractivity contribution in [2.24, 2.45) is 5.84 Å². The third-order valence-electron chi connectivity index (χ3n) is 1.65. The fourth-order valence-corrected chi connectivity index (χ4v) is 1.17. The Morgan fingerprint density at radius 1 is 1.67 bits per heavy atom. The first-order valence-corrected chi connectivity index (χ1v) is 4.85. The number of hydrazine groups is 1. The number of carbonyl (C=O) groups is 1. The normalized spacial score (nSPS) is 9.47. The van der Waals surface area contributed by atoms with Gasteiger partial charge in [0.15, 0.2) is 5.11 Å². The molecule has 5 nitrogen and oxygen atoms in total. The highest BCUT2D eigenvalue weighted by molar-refractivity contribution is 7.80. The zero-order chi connectivity index (χ0) is 11.3. The minimum atomic E-state index is -0.429. The Morgan fingerprint density at radius 2 is 2.40 bits per heavy atom. The summed E-state index contributed by atoms with van der Waals surface area (Å²) in [7, 11) is 0. The van der Waals surface area contributed by atoms with Gasteiger partial charge in [0.05, 0.1) is 0 Å². The molecule has 1 rings (SSSR count). The first kappa shape index (κ1) is 11.5. The number of nitrogens with zero attached hydrogens (tertiary/aromatic N) is 2. The van der Waals surface area contributed by atoms with Crippen LogP contribution in [0.2, 0.25) is 0 Å². The van der Waals surface area contributed by atoms with Crippen molar-refractivity contribution in [3.05, 3.63) is 30.1 Å². The summed E-state index contributed by atoms with van der Waals surface area (Å²) < 4.78 is 0. The van der Waals surface area contributed by atoms with E-state index in [0.29, 0.717) is 6.54 Å². The summed E-state index contributed by atoms with van der Waals surface area (Å²) in [5.41, 5.74) is 0.264. The topological polar surface area (TPSA) is 71.2 Å². The molecule has 1 amide bonds. The molecular weight excluding hydrogens is 212 g/mol. The molecule has 0 aliphatic heterocycles. The van der Waals surface area contributed by atoms with E-state index < -0.39 is 5.91 Å². The van der Waals surface area contributed by atoms with E-state index in [1.54, 1.807) is 18.2 Å². The molecule has 0 fully saturated rings. The number of carbonyl (C=O) groups excluding carboxylic acids is 1. The highest BCUT2D eigenvalue weighted by Gasteiger charge is 2.16. The molecule has 0 aliphatic rings. The lowest BCUT2D eigenvalue weighted by molar-refractivity contribution is 0.0840. The van der Waals surface area contributed by atoms with E-state index in [0.717, 1.165) is 5.01 Å². The number of pyridine rings is 1. The van der Waals surface area contributed by atoms with E-state index in [2.05, 4.69) is 10.3 Å². The second kappa shape index (κ2) is 5.38. The highest BCUT2D eigenvalue weighted by Crippen LogP contribution is 1.97. The summed E-state index contributed by atoms with van der Waals surface area (Å²) in [6.07, 6.45) is 1.53. The van der Waals surface area contributed by atoms with E-state index in [1.807, 2.05) is 6.92 Å². The molecule has 0 radical (unpaired) electrons. The molecule has 15 heavy (non-hydrogen) atoms. The third kappa shape index (κ3) is 2.97. The molecule has 1 heterocycles. The van der Waals surface area contributed by atoms with Gasteiger partial charge in [-0.3, -0.25) is 9.78 Å². The second-order valence-electron chi connectivity index (χ2n) is 2.73. The molecule has 6 heteroatoms. The predicted octanol–water partition coefficient (Wildman–Crippen LogP) is 0.292. The zero-order valence-electron chi connectivity index (χ0n) is 8.30. The van der Waals surface area contributed by atoms with Gasteiger partial charge in [0, 0.05) is 12.7 Å². The van der Waals surface area contributed by atoms with Crippen molar-refractivity contribution in [2.45, 2.75) is 6.92 Å². The van der Waals surface area contributed by atoms with E-state index in [-0.39, 0.29) is 10.8 Å². The van der Waals surface area contributed by atoms with Gasteiger partial charge in [-0.25, -0.2) is 10.9 Å². The molecule has 80 valence electrons. The van der Waals surface area contributed by atoms with E-state index in [1.165, 1.54) is 6.20 Å². The van der Waals surface area contributed by atoms with Crippen LogP contribution in [-0.2, 0) is 0 Å². The van der Waals surface area contributed by atoms with E-state index in [4.69, 9.17) is 18.1 Å². The molecule has 0 spiro atoms. The maximum Gasteiger partial charge on any atom is 0.292 e. The van der Waals surface area contributed by atoms with Crippen LogP contribution >= 0.6 is 12.2 Å². The number of hydrogen-bond acceptors (Lipinski definition) is 4. The molecule has 0 atom stereocenters. The average molecular weight is 224 g/mol. The Morgan fingerprint density at radius 3 is 2.93 bits per heavy atom. The standard InChI is InChI=1S/C9H12N4OS/c1-2-11-9(15)13(10)8(14)7-5-3-4-6-12-7/h3-6H,2,10H2,1H3,(H,11,15). The van der Waals surface area contributed by atoms with E-state index in [9.17, 15) is 4.79 Å². The molecule has 0 saturated heterocycles. The summed E-state index contributed by atoms with van der Waals surface area (Å²) in [4.78, 5) is 15.6. The number of amides is 1. The lowest BCUT2D eigenvalue weighted by Gasteiger charge is -2.17. The van der Waals surface area contributed by atoms with Crippen LogP contribution in [0.5, 0.6) is 0 Å². The molecule has 0 unspecified atom stereocenters. The lowest BCUT2D eigenvalue weighted by Crippen LogP contribution is -2.48. The Bertz CT molecular complexity index is 354. The first-order valence-electron chi connectivity index (χ1n) is 4.44. The number of nitrogens with two attached hydrogens (primary N) is 1. The molecular formula is C9H12N4OS. The zero-order valence-corrected chi connectivity index (χ0v) is 9.12. The van der Waals surface area contributed by atoms with Crippen LogP contribution in [0.4, 0.5) is 0 Å². The number of nitrogens with one attached hydrogen (secondary N) is 1. The van der Waals surface area contributed by atoms with Gasteiger partial charge in [-0.15, -0.1) is 0 Å². The minimum Gasteiger partial charge on any atom is -0.361 e. The third-order valence-corrected chi connectivity index (χ3v) is 1.99. The van der Waals surface area contributed by atoms with Crippen molar-refractivity contribution >= 4 is 23.2 Å². The van der Waals surface area contributed by atoms with E-state index >= 15 is 0 Å². The number of thiocarbonyl (C=S) groups is 1. The van der Waals surface area contributed by atoms with Crippen molar-refractivity contribution < 1.29 is 4.79 Å². The van der Waals surface area contributed by atoms with Crippen molar-refractivity contribution in [1.29, 1.82) is 0 Å². The van der Waals surface area contributed by atoms with Crippen molar-refractivity contribution in [1.82, 2.24) is 15.3 Å². The molecule has 0 aliphatic carbocycles. The summed E-state index contributed by atoms with van der Waals surface area (Å²) in [5.74, 6) is 5.09. The van der Waals surface area contributed by atoms with Gasteiger partial charge in [0.2, 0.25) is 0 Å². The molecule has 0 bridgehead atoms. The van der Waals surface area contributed by atoms with Crippen LogP contribution in [0.25, 0.3) is 0 Å². The Hall–Kier alpha value is -1.53. The fourth-order valence-electron chi connectivity index (χ4n) is 0.941. The van der Waals surface area contributed by atoms with Crippen LogP contribution < -0.4 is 11.2 Å². The average Bonchev–Trinajstić information content (AvgIpc) is 2.28. The van der Waals surface area contributed by atoms with Crippen molar-refractivity contribution in [3.63, 3.8) is 0 Å². The quantitative estimate of drug-likeness (QED) is 0.327. The van der Waals surface area contributed by atoms with Gasteiger partial charge in [-0.2, -0.15) is 0 Å². The van der Waals surface area contributed by atoms with Crippen molar-refractivity contribution in [3.8, 4) is 0 Å². The first-order chi connectivity index (χ1) is 7.16. The molecule has 0 aromatic carbocycles. The molecule has 1 aromatic heterocycles. The molecule has 1 aromatic rings. The minimum absolute atomic E-state index is 0.188. The fraction of sp³-hybridized carbons (Fsp3) is 0.222. The maximum atomic E-state index is 11.7. The number of aromatic nitrogens is 1. The maximum absolute atomic E-state index is 11.7. The Kier molecular flexibility index (Phi) is 4.14. The Balaban J connectivity index is 2.73. The molecule has 3 N–H and O–H groups in total. The molecule has 0 saturated carbocycles.